The Morgan fingerprint density at radius 1 is 1.00 bits per heavy atom. The van der Waals surface area contributed by atoms with Crippen molar-refractivity contribution < 1.29 is 14.2 Å². The maximum atomic E-state index is 5.47. The first kappa shape index (κ1) is 11.7. The molecule has 0 bridgehead atoms. The zero-order valence-corrected chi connectivity index (χ0v) is 9.40. The van der Waals surface area contributed by atoms with Gasteiger partial charge in [-0.05, 0) is 0 Å². The van der Waals surface area contributed by atoms with Gasteiger partial charge >= 0.3 is 0 Å². The lowest BCUT2D eigenvalue weighted by Gasteiger charge is -2.36. The number of hydrogen-bond donors (Lipinski definition) is 0. The summed E-state index contributed by atoms with van der Waals surface area (Å²) in [6.07, 6.45) is 4.57. The minimum Gasteiger partial charge on any atom is -0.384 e. The third kappa shape index (κ3) is 2.35. The normalized spacial score (nSPS) is 37.4. The van der Waals surface area contributed by atoms with E-state index in [1.807, 2.05) is 0 Å². The topological polar surface area (TPSA) is 27.7 Å². The Labute approximate surface area is 86.0 Å². The molecule has 82 valence electrons. The van der Waals surface area contributed by atoms with Crippen molar-refractivity contribution in [2.24, 2.45) is 11.8 Å². The highest BCUT2D eigenvalue weighted by Crippen LogP contribution is 2.27. The highest BCUT2D eigenvalue weighted by atomic mass is 16.5. The average molecular weight is 200 g/mol. The van der Waals surface area contributed by atoms with E-state index in [2.05, 4.69) is 19.1 Å². The summed E-state index contributed by atoms with van der Waals surface area (Å²) >= 11 is 0. The molecule has 14 heavy (non-hydrogen) atoms. The maximum absolute atomic E-state index is 5.47. The third-order valence-corrected chi connectivity index (χ3v) is 2.83. The minimum atomic E-state index is 0.0972. The molecule has 0 N–H and O–H groups in total. The third-order valence-electron chi connectivity index (χ3n) is 2.83. The molecule has 0 saturated carbocycles. The monoisotopic (exact) mass is 200 g/mol. The number of hydrogen-bond acceptors (Lipinski definition) is 3. The van der Waals surface area contributed by atoms with Crippen LogP contribution in [0.15, 0.2) is 12.2 Å². The summed E-state index contributed by atoms with van der Waals surface area (Å²) in [4.78, 5) is 0. The van der Waals surface area contributed by atoms with Crippen molar-refractivity contribution in [2.45, 2.75) is 19.1 Å². The Balaban J connectivity index is 2.72. The van der Waals surface area contributed by atoms with Gasteiger partial charge < -0.3 is 14.2 Å². The molecule has 0 aromatic carbocycles. The molecule has 1 rings (SSSR count). The van der Waals surface area contributed by atoms with Crippen LogP contribution in [0.25, 0.3) is 0 Å². The van der Waals surface area contributed by atoms with Crippen LogP contribution in [-0.4, -0.2) is 40.1 Å². The molecule has 0 saturated heterocycles. The van der Waals surface area contributed by atoms with Gasteiger partial charge in [-0.1, -0.05) is 19.1 Å². The minimum absolute atomic E-state index is 0.0972. The van der Waals surface area contributed by atoms with Gasteiger partial charge in [-0.3, -0.25) is 0 Å². The molecular formula is C11H20O3. The first-order valence-electron chi connectivity index (χ1n) is 4.97. The van der Waals surface area contributed by atoms with E-state index in [1.165, 1.54) is 0 Å². The Morgan fingerprint density at radius 3 is 2.14 bits per heavy atom. The lowest BCUT2D eigenvalue weighted by atomic mass is 9.84. The standard InChI is InChI=1S/C11H20O3/c1-8-5-6-9(7-12-2)11(14-4)10(8)13-3/h5-6,8-11H,7H2,1-4H3/t8-,9-,10+,11+/m1/s1. The molecule has 3 heteroatoms. The average Bonchev–Trinajstić information content (AvgIpc) is 2.20. The van der Waals surface area contributed by atoms with Crippen LogP contribution in [-0.2, 0) is 14.2 Å². The quantitative estimate of drug-likeness (QED) is 0.643. The van der Waals surface area contributed by atoms with Crippen LogP contribution in [0.4, 0.5) is 0 Å². The molecule has 0 aromatic rings. The Hall–Kier alpha value is -0.380. The molecule has 0 spiro atoms. The SMILES string of the molecule is COC[C@H]1C=C[C@@H](C)[C@H](OC)[C@H]1OC. The molecule has 4 atom stereocenters. The Kier molecular flexibility index (Phi) is 4.58. The van der Waals surface area contributed by atoms with Crippen LogP contribution in [0.2, 0.25) is 0 Å². The summed E-state index contributed by atoms with van der Waals surface area (Å²) in [5.41, 5.74) is 0. The molecule has 0 heterocycles. The molecule has 0 radical (unpaired) electrons. The van der Waals surface area contributed by atoms with Crippen molar-refractivity contribution in [3.05, 3.63) is 12.2 Å². The van der Waals surface area contributed by atoms with E-state index < -0.39 is 0 Å². The molecule has 0 unspecified atom stereocenters. The van der Waals surface area contributed by atoms with Crippen LogP contribution in [0.1, 0.15) is 6.92 Å². The second kappa shape index (κ2) is 5.49. The second-order valence-corrected chi connectivity index (χ2v) is 3.76. The summed E-state index contributed by atoms with van der Waals surface area (Å²) in [6, 6.07) is 0. The second-order valence-electron chi connectivity index (χ2n) is 3.76. The number of ether oxygens (including phenoxy) is 3. The molecule has 0 fully saturated rings. The van der Waals surface area contributed by atoms with Gasteiger partial charge in [0.05, 0.1) is 18.8 Å². The number of rotatable bonds is 4. The van der Waals surface area contributed by atoms with Gasteiger partial charge in [0.15, 0.2) is 0 Å². The van der Waals surface area contributed by atoms with Crippen molar-refractivity contribution in [3.63, 3.8) is 0 Å². The van der Waals surface area contributed by atoms with E-state index in [4.69, 9.17) is 14.2 Å². The van der Waals surface area contributed by atoms with Crippen molar-refractivity contribution in [3.8, 4) is 0 Å². The van der Waals surface area contributed by atoms with E-state index in [9.17, 15) is 0 Å². The zero-order valence-electron chi connectivity index (χ0n) is 9.40. The van der Waals surface area contributed by atoms with Crippen molar-refractivity contribution in [1.29, 1.82) is 0 Å². The van der Waals surface area contributed by atoms with Gasteiger partial charge in [0.25, 0.3) is 0 Å². The van der Waals surface area contributed by atoms with E-state index in [0.29, 0.717) is 18.4 Å². The lowest BCUT2D eigenvalue weighted by molar-refractivity contribution is -0.0869. The van der Waals surface area contributed by atoms with Gasteiger partial charge in [0, 0.05) is 33.2 Å². The van der Waals surface area contributed by atoms with Gasteiger partial charge in [-0.2, -0.15) is 0 Å². The lowest BCUT2D eigenvalue weighted by Crippen LogP contribution is -2.43. The Bertz CT molecular complexity index is 191. The van der Waals surface area contributed by atoms with E-state index in [-0.39, 0.29) is 12.2 Å². The van der Waals surface area contributed by atoms with Gasteiger partial charge in [0.1, 0.15) is 0 Å². The van der Waals surface area contributed by atoms with Crippen LogP contribution in [0, 0.1) is 11.8 Å². The predicted octanol–water partition coefficient (Wildman–Crippen LogP) is 1.48. The van der Waals surface area contributed by atoms with Crippen molar-refractivity contribution >= 4 is 0 Å². The maximum Gasteiger partial charge on any atom is 0.0922 e. The fourth-order valence-electron chi connectivity index (χ4n) is 2.08. The van der Waals surface area contributed by atoms with Crippen LogP contribution < -0.4 is 0 Å². The Morgan fingerprint density at radius 2 is 1.64 bits per heavy atom. The molecule has 3 nitrogen and oxygen atoms in total. The first-order chi connectivity index (χ1) is 6.74. The van der Waals surface area contributed by atoms with E-state index in [0.717, 1.165) is 0 Å². The first-order valence-corrected chi connectivity index (χ1v) is 4.97. The summed E-state index contributed by atoms with van der Waals surface area (Å²) in [5.74, 6) is 0.698. The van der Waals surface area contributed by atoms with E-state index >= 15 is 0 Å². The zero-order chi connectivity index (χ0) is 10.6. The van der Waals surface area contributed by atoms with Crippen molar-refractivity contribution in [1.82, 2.24) is 0 Å². The van der Waals surface area contributed by atoms with Crippen LogP contribution >= 0.6 is 0 Å². The summed E-state index contributed by atoms with van der Waals surface area (Å²) in [6.45, 7) is 2.82. The van der Waals surface area contributed by atoms with Crippen LogP contribution in [0.3, 0.4) is 0 Å². The van der Waals surface area contributed by atoms with Crippen molar-refractivity contribution in [2.75, 3.05) is 27.9 Å². The molecule has 1 aliphatic carbocycles. The molecule has 1 aliphatic rings. The molecule has 0 aliphatic heterocycles. The van der Waals surface area contributed by atoms with Crippen LogP contribution in [0.5, 0.6) is 0 Å². The van der Waals surface area contributed by atoms with Gasteiger partial charge in [-0.15, -0.1) is 0 Å². The van der Waals surface area contributed by atoms with Gasteiger partial charge in [0.2, 0.25) is 0 Å². The fraction of sp³-hybridized carbons (Fsp3) is 0.818. The highest BCUT2D eigenvalue weighted by Gasteiger charge is 2.34. The highest BCUT2D eigenvalue weighted by molar-refractivity contribution is 5.06. The summed E-state index contributed by atoms with van der Waals surface area (Å²) in [5, 5.41) is 0. The molecule has 0 amide bonds. The molecular weight excluding hydrogens is 180 g/mol. The van der Waals surface area contributed by atoms with Gasteiger partial charge in [-0.25, -0.2) is 0 Å². The predicted molar refractivity (Wildman–Crippen MR) is 55.3 cm³/mol. The smallest absolute Gasteiger partial charge is 0.0922 e. The van der Waals surface area contributed by atoms with E-state index in [1.54, 1.807) is 21.3 Å². The summed E-state index contributed by atoms with van der Waals surface area (Å²) in [7, 11) is 5.17. The number of methoxy groups -OCH3 is 3. The largest absolute Gasteiger partial charge is 0.384 e. The fourth-order valence-corrected chi connectivity index (χ4v) is 2.08. The molecule has 0 aromatic heterocycles. The summed E-state index contributed by atoms with van der Waals surface area (Å²) < 4.78 is 16.1.